The van der Waals surface area contributed by atoms with Gasteiger partial charge in [-0.15, -0.1) is 0 Å². The summed E-state index contributed by atoms with van der Waals surface area (Å²) in [6, 6.07) is 9.41. The number of benzene rings is 2. The number of halogens is 1. The Labute approximate surface area is 172 Å². The van der Waals surface area contributed by atoms with Crippen LogP contribution >= 0.6 is 11.6 Å². The van der Waals surface area contributed by atoms with Crippen LogP contribution in [0.2, 0.25) is 5.02 Å². The van der Waals surface area contributed by atoms with Crippen molar-refractivity contribution in [1.82, 2.24) is 0 Å². The number of ether oxygens (including phenoxy) is 2. The first-order chi connectivity index (χ1) is 13.3. The molecule has 0 saturated carbocycles. The molecule has 4 nitrogen and oxygen atoms in total. The van der Waals surface area contributed by atoms with E-state index >= 15 is 0 Å². The minimum Gasteiger partial charge on any atom is -0.493 e. The van der Waals surface area contributed by atoms with Gasteiger partial charge in [0, 0.05) is 6.08 Å². The molecular formula is C23H28ClNO3. The highest BCUT2D eigenvalue weighted by molar-refractivity contribution is 6.34. The van der Waals surface area contributed by atoms with E-state index < -0.39 is 0 Å². The van der Waals surface area contributed by atoms with Gasteiger partial charge in [0.1, 0.15) is 0 Å². The average molecular weight is 402 g/mol. The molecule has 0 bridgehead atoms. The number of anilines is 1. The predicted octanol–water partition coefficient (Wildman–Crippen LogP) is 6.04. The van der Waals surface area contributed by atoms with Gasteiger partial charge in [0.25, 0.3) is 0 Å². The van der Waals surface area contributed by atoms with E-state index in [1.54, 1.807) is 13.2 Å². The molecule has 150 valence electrons. The second-order valence-corrected chi connectivity index (χ2v) is 7.61. The van der Waals surface area contributed by atoms with Crippen LogP contribution in [-0.4, -0.2) is 19.6 Å². The first-order valence-corrected chi connectivity index (χ1v) is 9.74. The number of hydrogen-bond acceptors (Lipinski definition) is 3. The SMILES string of the molecule is COc1cc(/C=C/C(=O)Nc2c(C)cc(C)cc2Cl)ccc1OCCC(C)C. The lowest BCUT2D eigenvalue weighted by atomic mass is 10.1. The zero-order chi connectivity index (χ0) is 20.7. The summed E-state index contributed by atoms with van der Waals surface area (Å²) in [6.07, 6.45) is 4.18. The second-order valence-electron chi connectivity index (χ2n) is 7.20. The minimum absolute atomic E-state index is 0.245. The van der Waals surface area contributed by atoms with E-state index in [1.165, 1.54) is 6.08 Å². The van der Waals surface area contributed by atoms with Gasteiger partial charge in [-0.2, -0.15) is 0 Å². The quantitative estimate of drug-likeness (QED) is 0.548. The second kappa shape index (κ2) is 10.2. The standard InChI is InChI=1S/C23H28ClNO3/c1-15(2)10-11-28-20-8-6-18(14-21(20)27-5)7-9-22(26)25-23-17(4)12-16(3)13-19(23)24/h6-9,12-15H,10-11H2,1-5H3,(H,25,26)/b9-7+. The molecule has 2 aromatic rings. The number of methoxy groups -OCH3 is 1. The maximum Gasteiger partial charge on any atom is 0.248 e. The van der Waals surface area contributed by atoms with E-state index in [0.29, 0.717) is 34.7 Å². The van der Waals surface area contributed by atoms with Gasteiger partial charge in [0.05, 0.1) is 24.4 Å². The molecule has 0 aliphatic carbocycles. The Balaban J connectivity index is 2.06. The third-order valence-electron chi connectivity index (χ3n) is 4.25. The molecule has 0 atom stereocenters. The van der Waals surface area contributed by atoms with Crippen molar-refractivity contribution in [1.29, 1.82) is 0 Å². The number of hydrogen-bond donors (Lipinski definition) is 1. The molecule has 0 aliphatic rings. The Morgan fingerprint density at radius 1 is 1.18 bits per heavy atom. The van der Waals surface area contributed by atoms with Crippen molar-refractivity contribution >= 4 is 29.3 Å². The van der Waals surface area contributed by atoms with Crippen molar-refractivity contribution in [3.8, 4) is 11.5 Å². The maximum atomic E-state index is 12.3. The van der Waals surface area contributed by atoms with Crippen LogP contribution in [0, 0.1) is 19.8 Å². The Hall–Kier alpha value is -2.46. The molecule has 28 heavy (non-hydrogen) atoms. The van der Waals surface area contributed by atoms with Crippen LogP contribution < -0.4 is 14.8 Å². The molecule has 0 fully saturated rings. The summed E-state index contributed by atoms with van der Waals surface area (Å²) in [5.41, 5.74) is 3.46. The highest BCUT2D eigenvalue weighted by Crippen LogP contribution is 2.29. The fourth-order valence-corrected chi connectivity index (χ4v) is 3.09. The van der Waals surface area contributed by atoms with Crippen molar-refractivity contribution < 1.29 is 14.3 Å². The summed E-state index contributed by atoms with van der Waals surface area (Å²) in [5, 5.41) is 3.37. The summed E-state index contributed by atoms with van der Waals surface area (Å²) in [5.74, 6) is 1.68. The van der Waals surface area contributed by atoms with Crippen LogP contribution in [-0.2, 0) is 4.79 Å². The van der Waals surface area contributed by atoms with Crippen LogP contribution in [0.4, 0.5) is 5.69 Å². The third-order valence-corrected chi connectivity index (χ3v) is 4.55. The lowest BCUT2D eigenvalue weighted by Gasteiger charge is -2.12. The molecule has 0 heterocycles. The predicted molar refractivity (Wildman–Crippen MR) is 117 cm³/mol. The number of amides is 1. The number of rotatable bonds is 8. The Kier molecular flexibility index (Phi) is 7.94. The number of aryl methyl sites for hydroxylation is 2. The Morgan fingerprint density at radius 3 is 2.57 bits per heavy atom. The molecule has 0 saturated heterocycles. The largest absolute Gasteiger partial charge is 0.493 e. The molecule has 1 N–H and O–H groups in total. The first kappa shape index (κ1) is 21.8. The lowest BCUT2D eigenvalue weighted by Crippen LogP contribution is -2.09. The Bertz CT molecular complexity index is 836. The monoisotopic (exact) mass is 401 g/mol. The van der Waals surface area contributed by atoms with Crippen LogP contribution in [0.15, 0.2) is 36.4 Å². The molecule has 2 aromatic carbocycles. The molecular weight excluding hydrogens is 374 g/mol. The smallest absolute Gasteiger partial charge is 0.248 e. The van der Waals surface area contributed by atoms with Gasteiger partial charge >= 0.3 is 0 Å². The van der Waals surface area contributed by atoms with Gasteiger partial charge < -0.3 is 14.8 Å². The van der Waals surface area contributed by atoms with Gasteiger partial charge in [-0.3, -0.25) is 4.79 Å². The molecule has 0 spiro atoms. The number of nitrogens with one attached hydrogen (secondary N) is 1. The molecule has 0 unspecified atom stereocenters. The summed E-state index contributed by atoms with van der Waals surface area (Å²) in [7, 11) is 1.60. The van der Waals surface area contributed by atoms with Crippen LogP contribution in [0.25, 0.3) is 6.08 Å². The third kappa shape index (κ3) is 6.31. The molecule has 0 aromatic heterocycles. The van der Waals surface area contributed by atoms with Gasteiger partial charge in [-0.25, -0.2) is 0 Å². The van der Waals surface area contributed by atoms with E-state index in [2.05, 4.69) is 19.2 Å². The van der Waals surface area contributed by atoms with Gasteiger partial charge in [-0.05, 0) is 67.2 Å². The highest BCUT2D eigenvalue weighted by Gasteiger charge is 2.09. The van der Waals surface area contributed by atoms with Crippen molar-refractivity contribution in [2.45, 2.75) is 34.1 Å². The van der Waals surface area contributed by atoms with E-state index in [0.717, 1.165) is 23.1 Å². The van der Waals surface area contributed by atoms with Crippen molar-refractivity contribution in [2.75, 3.05) is 19.0 Å². The van der Waals surface area contributed by atoms with E-state index in [1.807, 2.05) is 44.2 Å². The number of carbonyl (C=O) groups excluding carboxylic acids is 1. The summed E-state index contributed by atoms with van der Waals surface area (Å²) in [4.78, 5) is 12.3. The van der Waals surface area contributed by atoms with E-state index in [-0.39, 0.29) is 5.91 Å². The van der Waals surface area contributed by atoms with Crippen LogP contribution in [0.3, 0.4) is 0 Å². The average Bonchev–Trinajstić information content (AvgIpc) is 2.63. The van der Waals surface area contributed by atoms with Gasteiger partial charge in [-0.1, -0.05) is 37.6 Å². The fraction of sp³-hybridized carbons (Fsp3) is 0.348. The van der Waals surface area contributed by atoms with E-state index in [9.17, 15) is 4.79 Å². The van der Waals surface area contributed by atoms with Gasteiger partial charge in [0.2, 0.25) is 5.91 Å². The highest BCUT2D eigenvalue weighted by atomic mass is 35.5. The van der Waals surface area contributed by atoms with Crippen molar-refractivity contribution in [2.24, 2.45) is 5.92 Å². The molecule has 0 aliphatic heterocycles. The minimum atomic E-state index is -0.245. The first-order valence-electron chi connectivity index (χ1n) is 9.36. The summed E-state index contributed by atoms with van der Waals surface area (Å²) < 4.78 is 11.2. The summed E-state index contributed by atoms with van der Waals surface area (Å²) >= 11 is 6.24. The van der Waals surface area contributed by atoms with Crippen molar-refractivity contribution in [3.63, 3.8) is 0 Å². The van der Waals surface area contributed by atoms with Crippen molar-refractivity contribution in [3.05, 3.63) is 58.1 Å². The zero-order valence-corrected chi connectivity index (χ0v) is 17.9. The molecule has 0 radical (unpaired) electrons. The fourth-order valence-electron chi connectivity index (χ4n) is 2.72. The summed E-state index contributed by atoms with van der Waals surface area (Å²) in [6.45, 7) is 8.84. The molecule has 1 amide bonds. The Morgan fingerprint density at radius 2 is 1.93 bits per heavy atom. The van der Waals surface area contributed by atoms with Crippen LogP contribution in [0.5, 0.6) is 11.5 Å². The van der Waals surface area contributed by atoms with E-state index in [4.69, 9.17) is 21.1 Å². The lowest BCUT2D eigenvalue weighted by molar-refractivity contribution is -0.111. The molecule has 2 rings (SSSR count). The maximum absolute atomic E-state index is 12.3. The normalized spacial score (nSPS) is 11.1. The molecule has 5 heteroatoms. The number of carbonyl (C=O) groups is 1. The van der Waals surface area contributed by atoms with Crippen LogP contribution in [0.1, 0.15) is 37.0 Å². The zero-order valence-electron chi connectivity index (χ0n) is 17.1. The van der Waals surface area contributed by atoms with Gasteiger partial charge in [0.15, 0.2) is 11.5 Å². The topological polar surface area (TPSA) is 47.6 Å².